The van der Waals surface area contributed by atoms with E-state index in [1.54, 1.807) is 4.90 Å². The minimum atomic E-state index is -0.929. The number of ether oxygens (including phenoxy) is 4. The first-order valence-corrected chi connectivity index (χ1v) is 19.1. The van der Waals surface area contributed by atoms with Gasteiger partial charge in [0, 0.05) is 32.2 Å². The lowest BCUT2D eigenvalue weighted by Crippen LogP contribution is -2.40. The fourth-order valence-corrected chi connectivity index (χ4v) is 7.56. The number of hydrogen-bond acceptors (Lipinski definition) is 9. The number of rotatable bonds is 11. The average Bonchev–Trinajstić information content (AvgIpc) is 3.50. The number of methoxy groups -OCH3 is 1. The highest BCUT2D eigenvalue weighted by molar-refractivity contribution is 5.93. The van der Waals surface area contributed by atoms with Crippen molar-refractivity contribution in [1.29, 1.82) is 0 Å². The molecule has 1 atom stereocenters. The zero-order valence-electron chi connectivity index (χ0n) is 34.7. The number of benzene rings is 3. The number of esters is 2. The molecular weight excluding hydrogens is 697 g/mol. The van der Waals surface area contributed by atoms with Crippen LogP contribution in [0.4, 0.5) is 4.79 Å². The summed E-state index contributed by atoms with van der Waals surface area (Å²) < 4.78 is 24.6. The lowest BCUT2D eigenvalue weighted by atomic mass is 9.69. The van der Waals surface area contributed by atoms with Gasteiger partial charge in [-0.15, -0.1) is 5.10 Å². The van der Waals surface area contributed by atoms with Crippen LogP contribution in [0.25, 0.3) is 11.0 Å². The monoisotopic (exact) mass is 754 g/mol. The molecule has 0 bridgehead atoms. The van der Waals surface area contributed by atoms with E-state index in [1.807, 2.05) is 99.0 Å². The Labute approximate surface area is 325 Å². The van der Waals surface area contributed by atoms with E-state index >= 15 is 0 Å². The van der Waals surface area contributed by atoms with Crippen molar-refractivity contribution in [2.75, 3.05) is 20.3 Å². The van der Waals surface area contributed by atoms with Gasteiger partial charge in [-0.2, -0.15) is 0 Å². The third-order valence-corrected chi connectivity index (χ3v) is 10.1. The molecule has 296 valence electrons. The Kier molecular flexibility index (Phi) is 12.1. The van der Waals surface area contributed by atoms with Crippen molar-refractivity contribution in [2.45, 2.75) is 126 Å². The second-order valence-electron chi connectivity index (χ2n) is 17.3. The van der Waals surface area contributed by atoms with E-state index in [1.165, 1.54) is 12.7 Å². The van der Waals surface area contributed by atoms with Crippen LogP contribution in [0.5, 0.6) is 0 Å². The second kappa shape index (κ2) is 16.1. The van der Waals surface area contributed by atoms with Crippen LogP contribution in [0, 0.1) is 26.2 Å². The molecule has 11 nitrogen and oxygen atoms in total. The summed E-state index contributed by atoms with van der Waals surface area (Å²) in [5.41, 5.74) is 8.01. The van der Waals surface area contributed by atoms with Crippen LogP contribution in [0.1, 0.15) is 123 Å². The van der Waals surface area contributed by atoms with E-state index < -0.39 is 16.6 Å². The van der Waals surface area contributed by atoms with Gasteiger partial charge in [-0.3, -0.25) is 4.79 Å². The average molecular weight is 755 g/mol. The Bertz CT molecular complexity index is 2050. The van der Waals surface area contributed by atoms with Crippen molar-refractivity contribution in [2.24, 2.45) is 5.41 Å². The summed E-state index contributed by atoms with van der Waals surface area (Å²) in [6, 6.07) is 14.4. The van der Waals surface area contributed by atoms with Crippen molar-refractivity contribution < 1.29 is 33.3 Å². The van der Waals surface area contributed by atoms with E-state index in [2.05, 4.69) is 34.6 Å². The first kappa shape index (κ1) is 41.4. The lowest BCUT2D eigenvalue weighted by Gasteiger charge is -2.35. The zero-order chi connectivity index (χ0) is 40.5. The molecule has 0 fully saturated rings. The molecule has 1 amide bonds. The SMILES string of the molecule is COC(=O)C(C)(C)C(c1ccc2c(c1)CN(C(=O)OC(C)(C)C)CC2)c1ccc2c(nnn2CCCOCc2cc(C)c(C(=O)OC(C)(C)C)c(C)c2)c1C. The normalized spacial score (nSPS) is 14.1. The van der Waals surface area contributed by atoms with Crippen molar-refractivity contribution in [3.63, 3.8) is 0 Å². The summed E-state index contributed by atoms with van der Waals surface area (Å²) in [5, 5.41) is 9.11. The van der Waals surface area contributed by atoms with Gasteiger partial charge >= 0.3 is 18.0 Å². The number of aryl methyl sites for hydroxylation is 4. The number of fused-ring (bicyclic) bond motifs is 2. The predicted octanol–water partition coefficient (Wildman–Crippen LogP) is 8.54. The third kappa shape index (κ3) is 9.55. The lowest BCUT2D eigenvalue weighted by molar-refractivity contribution is -0.151. The summed E-state index contributed by atoms with van der Waals surface area (Å²) in [6.07, 6.45) is 1.12. The molecule has 0 aliphatic carbocycles. The summed E-state index contributed by atoms with van der Waals surface area (Å²) >= 11 is 0. The molecular formula is C44H58N4O7. The number of nitrogens with zero attached hydrogens (tertiary/aromatic N) is 4. The molecule has 0 N–H and O–H groups in total. The molecule has 0 radical (unpaired) electrons. The standard InChI is InChI=1S/C44H58N4O7/c1-27-22-30(23-28(2)36(27)39(49)54-42(4,5)6)26-53-21-13-19-48-35-17-16-34(29(3)38(35)45-46-48)37(44(10,11)40(50)52-12)32-15-14-31-18-20-47(25-33(31)24-32)41(51)55-43(7,8)9/h14-17,22-24,37H,13,18-21,25-26H2,1-12H3. The molecule has 11 heteroatoms. The van der Waals surface area contributed by atoms with Gasteiger partial charge in [-0.25, -0.2) is 14.3 Å². The van der Waals surface area contributed by atoms with Gasteiger partial charge in [0.25, 0.3) is 0 Å². The van der Waals surface area contributed by atoms with Gasteiger partial charge in [0.1, 0.15) is 16.7 Å². The van der Waals surface area contributed by atoms with E-state index in [9.17, 15) is 14.4 Å². The molecule has 0 spiro atoms. The summed E-state index contributed by atoms with van der Waals surface area (Å²) in [5.74, 6) is -1.000. The van der Waals surface area contributed by atoms with Crippen LogP contribution >= 0.6 is 0 Å². The molecule has 3 aromatic carbocycles. The maximum Gasteiger partial charge on any atom is 0.410 e. The Morgan fingerprint density at radius 2 is 1.53 bits per heavy atom. The van der Waals surface area contributed by atoms with E-state index in [0.29, 0.717) is 38.4 Å². The van der Waals surface area contributed by atoms with Crippen molar-refractivity contribution in [1.82, 2.24) is 19.9 Å². The first-order valence-electron chi connectivity index (χ1n) is 19.1. The fourth-order valence-electron chi connectivity index (χ4n) is 7.56. The molecule has 1 aromatic heterocycles. The van der Waals surface area contributed by atoms with Gasteiger partial charge in [0.15, 0.2) is 0 Å². The van der Waals surface area contributed by atoms with E-state index in [0.717, 1.165) is 62.8 Å². The molecule has 55 heavy (non-hydrogen) atoms. The van der Waals surface area contributed by atoms with Crippen LogP contribution in [-0.4, -0.2) is 69.4 Å². The fraction of sp³-hybridized carbons (Fsp3) is 0.523. The van der Waals surface area contributed by atoms with Crippen LogP contribution < -0.4 is 0 Å². The molecule has 4 aromatic rings. The highest BCUT2D eigenvalue weighted by atomic mass is 16.6. The molecule has 0 saturated heterocycles. The number of carbonyl (C=O) groups is 3. The minimum absolute atomic E-state index is 0.313. The first-order chi connectivity index (χ1) is 25.7. The Morgan fingerprint density at radius 1 is 0.855 bits per heavy atom. The van der Waals surface area contributed by atoms with E-state index in [-0.39, 0.29) is 23.9 Å². The minimum Gasteiger partial charge on any atom is -0.469 e. The smallest absolute Gasteiger partial charge is 0.410 e. The van der Waals surface area contributed by atoms with Crippen LogP contribution in [0.15, 0.2) is 42.5 Å². The highest BCUT2D eigenvalue weighted by Gasteiger charge is 2.41. The van der Waals surface area contributed by atoms with Gasteiger partial charge in [-0.1, -0.05) is 41.6 Å². The molecule has 1 aliphatic heterocycles. The van der Waals surface area contributed by atoms with Gasteiger partial charge in [-0.05, 0) is 140 Å². The topological polar surface area (TPSA) is 122 Å². The summed E-state index contributed by atoms with van der Waals surface area (Å²) in [6.45, 7) is 23.5. The van der Waals surface area contributed by atoms with Gasteiger partial charge < -0.3 is 23.8 Å². The summed E-state index contributed by atoms with van der Waals surface area (Å²) in [4.78, 5) is 40.9. The maximum atomic E-state index is 13.4. The Hall–Kier alpha value is -4.77. The molecule has 1 unspecified atom stereocenters. The predicted molar refractivity (Wildman–Crippen MR) is 212 cm³/mol. The third-order valence-electron chi connectivity index (χ3n) is 10.1. The number of hydrogen-bond donors (Lipinski definition) is 0. The van der Waals surface area contributed by atoms with Crippen LogP contribution in [0.3, 0.4) is 0 Å². The van der Waals surface area contributed by atoms with Crippen LogP contribution in [0.2, 0.25) is 0 Å². The van der Waals surface area contributed by atoms with Crippen LogP contribution in [-0.2, 0) is 49.9 Å². The van der Waals surface area contributed by atoms with E-state index in [4.69, 9.17) is 18.9 Å². The largest absolute Gasteiger partial charge is 0.469 e. The van der Waals surface area contributed by atoms with Crippen molar-refractivity contribution >= 4 is 29.1 Å². The molecule has 0 saturated carbocycles. The number of carbonyl (C=O) groups excluding carboxylic acids is 3. The zero-order valence-corrected chi connectivity index (χ0v) is 34.7. The summed E-state index contributed by atoms with van der Waals surface area (Å²) in [7, 11) is 1.42. The van der Waals surface area contributed by atoms with Crippen molar-refractivity contribution in [3.8, 4) is 0 Å². The second-order valence-corrected chi connectivity index (χ2v) is 17.3. The quantitative estimate of drug-likeness (QED) is 0.0842. The molecule has 1 aliphatic rings. The number of aromatic nitrogens is 3. The van der Waals surface area contributed by atoms with Crippen molar-refractivity contribution in [3.05, 3.63) is 92.5 Å². The Balaban J connectivity index is 1.32. The Morgan fingerprint density at radius 3 is 2.16 bits per heavy atom. The van der Waals surface area contributed by atoms with Gasteiger partial charge in [0.05, 0.1) is 30.2 Å². The highest BCUT2D eigenvalue weighted by Crippen LogP contribution is 2.45. The maximum absolute atomic E-state index is 13.4. The van der Waals surface area contributed by atoms with Gasteiger partial charge in [0.2, 0.25) is 0 Å². The molecule has 2 heterocycles. The molecule has 5 rings (SSSR count). The number of amides is 1.